The van der Waals surface area contributed by atoms with E-state index < -0.39 is 10.0 Å². The zero-order valence-corrected chi connectivity index (χ0v) is 19.4. The van der Waals surface area contributed by atoms with Gasteiger partial charge in [-0.3, -0.25) is 4.99 Å². The maximum atomic E-state index is 11.4. The van der Waals surface area contributed by atoms with Crippen molar-refractivity contribution in [1.82, 2.24) is 14.9 Å². The lowest BCUT2D eigenvalue weighted by Crippen LogP contribution is -2.42. The number of rotatable bonds is 9. The molecule has 0 unspecified atom stereocenters. The van der Waals surface area contributed by atoms with Crippen LogP contribution in [0.4, 0.5) is 0 Å². The van der Waals surface area contributed by atoms with Gasteiger partial charge >= 0.3 is 0 Å². The van der Waals surface area contributed by atoms with Crippen LogP contribution in [0.1, 0.15) is 52.9 Å². The first-order chi connectivity index (χ1) is 11.4. The molecule has 1 rings (SSSR count). The normalized spacial score (nSPS) is 21.5. The average molecular weight is 488 g/mol. The van der Waals surface area contributed by atoms with Gasteiger partial charge in [0.05, 0.1) is 5.75 Å². The van der Waals surface area contributed by atoms with Crippen molar-refractivity contribution in [3.05, 3.63) is 0 Å². The lowest BCUT2D eigenvalue weighted by molar-refractivity contribution is 0.250. The van der Waals surface area contributed by atoms with E-state index in [2.05, 4.69) is 40.8 Å². The van der Waals surface area contributed by atoms with E-state index in [0.29, 0.717) is 19.5 Å². The van der Waals surface area contributed by atoms with E-state index in [0.717, 1.165) is 30.9 Å². The number of sulfonamides is 1. The molecular formula is C17H37IN4O2S. The molecule has 1 aliphatic carbocycles. The molecule has 1 saturated carbocycles. The van der Waals surface area contributed by atoms with Crippen LogP contribution in [-0.2, 0) is 10.0 Å². The molecule has 8 heteroatoms. The number of nitrogens with one attached hydrogen (secondary N) is 2. The fraction of sp³-hybridized carbons (Fsp3) is 0.941. The first-order valence-electron chi connectivity index (χ1n) is 9.34. The molecule has 6 nitrogen and oxygen atoms in total. The summed E-state index contributed by atoms with van der Waals surface area (Å²) in [6.45, 7) is 9.02. The van der Waals surface area contributed by atoms with Gasteiger partial charge in [-0.2, -0.15) is 0 Å². The minimum absolute atomic E-state index is 0. The van der Waals surface area contributed by atoms with E-state index in [9.17, 15) is 8.42 Å². The Hall–Kier alpha value is -0.0900. The van der Waals surface area contributed by atoms with Crippen molar-refractivity contribution >= 4 is 40.0 Å². The summed E-state index contributed by atoms with van der Waals surface area (Å²) in [5.41, 5.74) is 0. The zero-order valence-electron chi connectivity index (χ0n) is 16.3. The Morgan fingerprint density at radius 2 is 1.84 bits per heavy atom. The topological polar surface area (TPSA) is 73.8 Å². The number of nitrogens with zero attached hydrogens (tertiary/aromatic N) is 2. The van der Waals surface area contributed by atoms with Gasteiger partial charge in [-0.25, -0.2) is 13.1 Å². The van der Waals surface area contributed by atoms with Gasteiger partial charge in [-0.05, 0) is 44.9 Å². The van der Waals surface area contributed by atoms with Crippen molar-refractivity contribution < 1.29 is 8.42 Å². The van der Waals surface area contributed by atoms with Crippen LogP contribution in [0.25, 0.3) is 0 Å². The maximum Gasteiger partial charge on any atom is 0.211 e. The maximum absolute atomic E-state index is 11.4. The third kappa shape index (κ3) is 10.6. The van der Waals surface area contributed by atoms with Crippen molar-refractivity contribution in [2.24, 2.45) is 16.8 Å². The molecule has 0 atom stereocenters. The number of aliphatic imine (C=N–C) groups is 1. The summed E-state index contributed by atoms with van der Waals surface area (Å²) in [5, 5.41) is 3.34. The van der Waals surface area contributed by atoms with Crippen LogP contribution in [0.15, 0.2) is 4.99 Å². The van der Waals surface area contributed by atoms with Gasteiger partial charge in [0.15, 0.2) is 5.96 Å². The molecule has 1 aliphatic rings. The Labute approximate surface area is 171 Å². The van der Waals surface area contributed by atoms with Crippen molar-refractivity contribution in [1.29, 1.82) is 0 Å². The van der Waals surface area contributed by atoms with Crippen LogP contribution in [0.2, 0.25) is 0 Å². The fourth-order valence-electron chi connectivity index (χ4n) is 3.05. The van der Waals surface area contributed by atoms with Crippen molar-refractivity contribution in [2.75, 3.05) is 39.0 Å². The van der Waals surface area contributed by atoms with Crippen LogP contribution < -0.4 is 10.0 Å². The molecule has 0 radical (unpaired) electrons. The molecule has 0 aromatic rings. The van der Waals surface area contributed by atoms with Crippen LogP contribution in [-0.4, -0.2) is 58.3 Å². The lowest BCUT2D eigenvalue weighted by Gasteiger charge is -2.31. The monoisotopic (exact) mass is 488 g/mol. The Morgan fingerprint density at radius 1 is 1.20 bits per heavy atom. The second-order valence-electron chi connectivity index (χ2n) is 6.89. The smallest absolute Gasteiger partial charge is 0.211 e. The second kappa shape index (κ2) is 13.1. The SMILES string of the molecule is CCNC(=NCCCNS(=O)(=O)CC)N(C)CC1CCC(C)CC1.I. The predicted octanol–water partition coefficient (Wildman–Crippen LogP) is 2.66. The number of hydrogen-bond donors (Lipinski definition) is 2. The van der Waals surface area contributed by atoms with Gasteiger partial charge in [0, 0.05) is 33.2 Å². The van der Waals surface area contributed by atoms with E-state index in [1.54, 1.807) is 6.92 Å². The van der Waals surface area contributed by atoms with Crippen LogP contribution >= 0.6 is 24.0 Å². The summed E-state index contributed by atoms with van der Waals surface area (Å²) in [5.74, 6) is 2.68. The van der Waals surface area contributed by atoms with E-state index in [4.69, 9.17) is 0 Å². The Kier molecular flexibility index (Phi) is 13.1. The van der Waals surface area contributed by atoms with Gasteiger partial charge in [0.1, 0.15) is 0 Å². The third-order valence-corrected chi connectivity index (χ3v) is 6.07. The highest BCUT2D eigenvalue weighted by Gasteiger charge is 2.20. The number of halogens is 1. The second-order valence-corrected chi connectivity index (χ2v) is 8.99. The summed E-state index contributed by atoms with van der Waals surface area (Å²) in [6, 6.07) is 0. The molecule has 0 aliphatic heterocycles. The van der Waals surface area contributed by atoms with Crippen LogP contribution in [0.5, 0.6) is 0 Å². The van der Waals surface area contributed by atoms with Crippen LogP contribution in [0.3, 0.4) is 0 Å². The van der Waals surface area contributed by atoms with Gasteiger partial charge < -0.3 is 10.2 Å². The Morgan fingerprint density at radius 3 is 2.40 bits per heavy atom. The molecule has 0 amide bonds. The molecule has 1 fully saturated rings. The summed E-state index contributed by atoms with van der Waals surface area (Å²) in [4.78, 5) is 6.86. The zero-order chi connectivity index (χ0) is 18.0. The fourth-order valence-corrected chi connectivity index (χ4v) is 3.71. The molecule has 2 N–H and O–H groups in total. The molecule has 0 spiro atoms. The van der Waals surface area contributed by atoms with Crippen molar-refractivity contribution in [3.8, 4) is 0 Å². The van der Waals surface area contributed by atoms with Gasteiger partial charge in [-0.15, -0.1) is 24.0 Å². The summed E-state index contributed by atoms with van der Waals surface area (Å²) in [7, 11) is -0.998. The largest absolute Gasteiger partial charge is 0.357 e. The molecular weight excluding hydrogens is 451 g/mol. The molecule has 0 heterocycles. The highest BCUT2D eigenvalue weighted by Crippen LogP contribution is 2.28. The number of hydrogen-bond acceptors (Lipinski definition) is 3. The van der Waals surface area contributed by atoms with E-state index >= 15 is 0 Å². The first-order valence-corrected chi connectivity index (χ1v) is 11.0. The molecule has 0 aromatic carbocycles. The van der Waals surface area contributed by atoms with E-state index in [1.807, 2.05) is 0 Å². The van der Waals surface area contributed by atoms with Crippen LogP contribution in [0, 0.1) is 11.8 Å². The summed E-state index contributed by atoms with van der Waals surface area (Å²) >= 11 is 0. The molecule has 0 aromatic heterocycles. The first kappa shape index (κ1) is 24.9. The molecule has 0 bridgehead atoms. The molecule has 150 valence electrons. The van der Waals surface area contributed by atoms with E-state index in [1.165, 1.54) is 25.7 Å². The standard InChI is InChI=1S/C17H36N4O2S.HI/c1-5-18-17(19-12-7-13-20-24(22,23)6-2)21(4)14-16-10-8-15(3)9-11-16;/h15-16,20H,5-14H2,1-4H3,(H,18,19);1H. The average Bonchev–Trinajstić information content (AvgIpc) is 2.55. The summed E-state index contributed by atoms with van der Waals surface area (Å²) in [6.07, 6.45) is 6.00. The third-order valence-electron chi connectivity index (χ3n) is 4.66. The predicted molar refractivity (Wildman–Crippen MR) is 117 cm³/mol. The minimum Gasteiger partial charge on any atom is -0.357 e. The quantitative estimate of drug-likeness (QED) is 0.227. The van der Waals surface area contributed by atoms with Gasteiger partial charge in [0.25, 0.3) is 0 Å². The Balaban J connectivity index is 0.00000576. The highest BCUT2D eigenvalue weighted by atomic mass is 127. The molecule has 0 saturated heterocycles. The van der Waals surface area contributed by atoms with Crippen molar-refractivity contribution in [3.63, 3.8) is 0 Å². The van der Waals surface area contributed by atoms with E-state index in [-0.39, 0.29) is 29.7 Å². The van der Waals surface area contributed by atoms with Crippen molar-refractivity contribution in [2.45, 2.75) is 52.9 Å². The lowest BCUT2D eigenvalue weighted by atomic mass is 9.83. The minimum atomic E-state index is -3.10. The highest BCUT2D eigenvalue weighted by molar-refractivity contribution is 14.0. The molecule has 25 heavy (non-hydrogen) atoms. The Bertz CT molecular complexity index is 477. The number of guanidine groups is 1. The van der Waals surface area contributed by atoms with Gasteiger partial charge in [0.2, 0.25) is 10.0 Å². The van der Waals surface area contributed by atoms with Gasteiger partial charge in [-0.1, -0.05) is 19.8 Å². The summed E-state index contributed by atoms with van der Waals surface area (Å²) < 4.78 is 25.4.